The SMILES string of the molecule is CCCC.CCCN(C)C(=O)CC. The number of amides is 1. The normalized spacial score (nSPS) is 8.69. The minimum atomic E-state index is 0.233. The van der Waals surface area contributed by atoms with Crippen LogP contribution in [0.15, 0.2) is 0 Å². The highest BCUT2D eigenvalue weighted by molar-refractivity contribution is 5.75. The van der Waals surface area contributed by atoms with E-state index in [1.165, 1.54) is 12.8 Å². The molecule has 0 atom stereocenters. The number of nitrogens with zero attached hydrogens (tertiary/aromatic N) is 1. The van der Waals surface area contributed by atoms with Crippen LogP contribution in [-0.4, -0.2) is 24.4 Å². The van der Waals surface area contributed by atoms with Crippen LogP contribution in [0.25, 0.3) is 0 Å². The molecule has 80 valence electrons. The lowest BCUT2D eigenvalue weighted by Gasteiger charge is -2.13. The second-order valence-corrected chi connectivity index (χ2v) is 3.17. The van der Waals surface area contributed by atoms with Crippen LogP contribution in [-0.2, 0) is 4.79 Å². The van der Waals surface area contributed by atoms with Gasteiger partial charge in [-0.3, -0.25) is 4.79 Å². The molecule has 1 amide bonds. The van der Waals surface area contributed by atoms with Crippen molar-refractivity contribution in [2.45, 2.75) is 53.4 Å². The first-order valence-electron chi connectivity index (χ1n) is 5.37. The van der Waals surface area contributed by atoms with Crippen molar-refractivity contribution in [2.24, 2.45) is 0 Å². The Hall–Kier alpha value is -0.530. The Morgan fingerprint density at radius 3 is 1.69 bits per heavy atom. The quantitative estimate of drug-likeness (QED) is 0.662. The van der Waals surface area contributed by atoms with Crippen molar-refractivity contribution in [1.29, 1.82) is 0 Å². The molecule has 0 aliphatic rings. The van der Waals surface area contributed by atoms with E-state index in [1.807, 2.05) is 14.0 Å². The Morgan fingerprint density at radius 2 is 1.46 bits per heavy atom. The highest BCUT2D eigenvalue weighted by atomic mass is 16.2. The van der Waals surface area contributed by atoms with Crippen molar-refractivity contribution in [3.63, 3.8) is 0 Å². The van der Waals surface area contributed by atoms with Gasteiger partial charge >= 0.3 is 0 Å². The van der Waals surface area contributed by atoms with Gasteiger partial charge in [-0.15, -0.1) is 0 Å². The number of carbonyl (C=O) groups excluding carboxylic acids is 1. The predicted molar refractivity (Wildman–Crippen MR) is 58.8 cm³/mol. The molecule has 0 N–H and O–H groups in total. The summed E-state index contributed by atoms with van der Waals surface area (Å²) in [4.78, 5) is 12.6. The summed E-state index contributed by atoms with van der Waals surface area (Å²) < 4.78 is 0. The maximum Gasteiger partial charge on any atom is 0.222 e. The summed E-state index contributed by atoms with van der Waals surface area (Å²) in [6, 6.07) is 0. The van der Waals surface area contributed by atoms with Gasteiger partial charge in [0.25, 0.3) is 0 Å². The zero-order chi connectivity index (χ0) is 10.7. The molecular weight excluding hydrogens is 162 g/mol. The fourth-order valence-corrected chi connectivity index (χ4v) is 0.730. The van der Waals surface area contributed by atoms with Gasteiger partial charge in [0.15, 0.2) is 0 Å². The van der Waals surface area contributed by atoms with Gasteiger partial charge in [0.2, 0.25) is 5.91 Å². The zero-order valence-corrected chi connectivity index (χ0v) is 9.89. The topological polar surface area (TPSA) is 20.3 Å². The first-order chi connectivity index (χ1) is 6.13. The van der Waals surface area contributed by atoms with Gasteiger partial charge in [-0.2, -0.15) is 0 Å². The van der Waals surface area contributed by atoms with E-state index < -0.39 is 0 Å². The zero-order valence-electron chi connectivity index (χ0n) is 9.89. The summed E-state index contributed by atoms with van der Waals surface area (Å²) in [5.74, 6) is 0.233. The molecule has 0 unspecified atom stereocenters. The molecule has 0 spiro atoms. The molecule has 0 bridgehead atoms. The first kappa shape index (κ1) is 15.0. The Bertz CT molecular complexity index is 111. The van der Waals surface area contributed by atoms with Crippen molar-refractivity contribution in [2.75, 3.05) is 13.6 Å². The molecule has 0 aromatic heterocycles. The van der Waals surface area contributed by atoms with E-state index in [9.17, 15) is 4.79 Å². The molecule has 0 saturated heterocycles. The molecule has 0 saturated carbocycles. The highest BCUT2D eigenvalue weighted by Gasteiger charge is 2.01. The molecule has 0 rings (SSSR count). The molecule has 0 aromatic carbocycles. The second kappa shape index (κ2) is 11.5. The average Bonchev–Trinajstić information content (AvgIpc) is 2.17. The smallest absolute Gasteiger partial charge is 0.222 e. The number of hydrogen-bond acceptors (Lipinski definition) is 1. The van der Waals surface area contributed by atoms with E-state index in [4.69, 9.17) is 0 Å². The molecule has 0 heterocycles. The largest absolute Gasteiger partial charge is 0.346 e. The van der Waals surface area contributed by atoms with E-state index in [2.05, 4.69) is 20.8 Å². The van der Waals surface area contributed by atoms with E-state index in [0.717, 1.165) is 13.0 Å². The fourth-order valence-electron chi connectivity index (χ4n) is 0.730. The first-order valence-corrected chi connectivity index (χ1v) is 5.37. The fraction of sp³-hybridized carbons (Fsp3) is 0.909. The third kappa shape index (κ3) is 11.5. The van der Waals surface area contributed by atoms with Gasteiger partial charge in [-0.25, -0.2) is 0 Å². The van der Waals surface area contributed by atoms with Gasteiger partial charge in [0.1, 0.15) is 0 Å². The van der Waals surface area contributed by atoms with Gasteiger partial charge < -0.3 is 4.90 Å². The maximum atomic E-state index is 10.8. The van der Waals surface area contributed by atoms with Crippen LogP contribution in [0.2, 0.25) is 0 Å². The van der Waals surface area contributed by atoms with E-state index in [-0.39, 0.29) is 5.91 Å². The van der Waals surface area contributed by atoms with Crippen molar-refractivity contribution >= 4 is 5.91 Å². The van der Waals surface area contributed by atoms with Crippen LogP contribution in [0.5, 0.6) is 0 Å². The van der Waals surface area contributed by atoms with Crippen LogP contribution in [0.4, 0.5) is 0 Å². The second-order valence-electron chi connectivity index (χ2n) is 3.17. The van der Waals surface area contributed by atoms with Gasteiger partial charge in [0.05, 0.1) is 0 Å². The summed E-state index contributed by atoms with van der Waals surface area (Å²) in [7, 11) is 1.84. The molecule has 13 heavy (non-hydrogen) atoms. The summed E-state index contributed by atoms with van der Waals surface area (Å²) in [5, 5.41) is 0. The Balaban J connectivity index is 0. The summed E-state index contributed by atoms with van der Waals surface area (Å²) in [6.45, 7) is 9.20. The van der Waals surface area contributed by atoms with Crippen molar-refractivity contribution in [3.8, 4) is 0 Å². The summed E-state index contributed by atoms with van der Waals surface area (Å²) >= 11 is 0. The average molecular weight is 187 g/mol. The standard InChI is InChI=1S/C7H15NO.C4H10/c1-4-6-8(3)7(9)5-2;1-3-4-2/h4-6H2,1-3H3;3-4H2,1-2H3. The van der Waals surface area contributed by atoms with Gasteiger partial charge in [-0.05, 0) is 6.42 Å². The van der Waals surface area contributed by atoms with Crippen LogP contribution in [0, 0.1) is 0 Å². The van der Waals surface area contributed by atoms with Gasteiger partial charge in [0, 0.05) is 20.0 Å². The predicted octanol–water partition coefficient (Wildman–Crippen LogP) is 3.07. The third-order valence-corrected chi connectivity index (χ3v) is 1.79. The molecule has 0 aromatic rings. The Labute approximate surface area is 83.3 Å². The summed E-state index contributed by atoms with van der Waals surface area (Å²) in [6.07, 6.45) is 4.30. The Kier molecular flexibility index (Phi) is 13.2. The number of unbranched alkanes of at least 4 members (excludes halogenated alkanes) is 1. The Morgan fingerprint density at radius 1 is 1.00 bits per heavy atom. The van der Waals surface area contributed by atoms with Crippen LogP contribution in [0.3, 0.4) is 0 Å². The van der Waals surface area contributed by atoms with E-state index in [0.29, 0.717) is 6.42 Å². The maximum absolute atomic E-state index is 10.8. The molecule has 0 aliphatic heterocycles. The minimum Gasteiger partial charge on any atom is -0.346 e. The van der Waals surface area contributed by atoms with Crippen LogP contribution >= 0.6 is 0 Å². The van der Waals surface area contributed by atoms with Crippen LogP contribution < -0.4 is 0 Å². The molecule has 0 aliphatic carbocycles. The molecule has 0 radical (unpaired) electrons. The molecule has 0 fully saturated rings. The lowest BCUT2D eigenvalue weighted by Crippen LogP contribution is -2.26. The number of hydrogen-bond donors (Lipinski definition) is 0. The monoisotopic (exact) mass is 187 g/mol. The van der Waals surface area contributed by atoms with Crippen LogP contribution in [0.1, 0.15) is 53.4 Å². The lowest BCUT2D eigenvalue weighted by molar-refractivity contribution is -0.129. The molecule has 2 heteroatoms. The number of rotatable bonds is 4. The summed E-state index contributed by atoms with van der Waals surface area (Å²) in [5.41, 5.74) is 0. The van der Waals surface area contributed by atoms with Crippen molar-refractivity contribution < 1.29 is 4.79 Å². The number of carbonyl (C=O) groups is 1. The third-order valence-electron chi connectivity index (χ3n) is 1.79. The molecule has 2 nitrogen and oxygen atoms in total. The lowest BCUT2D eigenvalue weighted by atomic mass is 10.4. The van der Waals surface area contributed by atoms with E-state index in [1.54, 1.807) is 4.90 Å². The minimum absolute atomic E-state index is 0.233. The van der Waals surface area contributed by atoms with Crippen molar-refractivity contribution in [3.05, 3.63) is 0 Å². The van der Waals surface area contributed by atoms with Crippen molar-refractivity contribution in [1.82, 2.24) is 4.90 Å². The van der Waals surface area contributed by atoms with Gasteiger partial charge in [-0.1, -0.05) is 40.5 Å². The van der Waals surface area contributed by atoms with E-state index >= 15 is 0 Å². The molecular formula is C11H25NO. The highest BCUT2D eigenvalue weighted by Crippen LogP contribution is 1.90.